The Morgan fingerprint density at radius 3 is 2.80 bits per heavy atom. The number of Topliss-reactive ketones (excluding diaryl/α,β-unsaturated/α-hetero) is 1. The predicted molar refractivity (Wildman–Crippen MR) is 78.1 cm³/mol. The van der Waals surface area contributed by atoms with Crippen LogP contribution in [0.3, 0.4) is 0 Å². The second-order valence-corrected chi connectivity index (χ2v) is 5.77. The van der Waals surface area contributed by atoms with E-state index in [1.807, 2.05) is 23.1 Å². The number of piperidine rings is 1. The third-order valence-corrected chi connectivity index (χ3v) is 4.32. The van der Waals surface area contributed by atoms with E-state index in [0.717, 1.165) is 43.7 Å². The van der Waals surface area contributed by atoms with Crippen LogP contribution in [-0.2, 0) is 11.2 Å². The Kier molecular flexibility index (Phi) is 3.57. The number of fused-ring (bicyclic) bond motifs is 1. The second-order valence-electron chi connectivity index (χ2n) is 5.77. The van der Waals surface area contributed by atoms with Gasteiger partial charge in [0.05, 0.1) is 6.42 Å². The fraction of sp³-hybridized carbons (Fsp3) is 0.500. The zero-order valence-electron chi connectivity index (χ0n) is 11.8. The van der Waals surface area contributed by atoms with Crippen molar-refractivity contribution in [2.45, 2.75) is 26.2 Å². The number of ketones is 1. The van der Waals surface area contributed by atoms with Crippen LogP contribution in [0, 0.1) is 5.92 Å². The summed E-state index contributed by atoms with van der Waals surface area (Å²) in [5.74, 6) is 0.801. The van der Waals surface area contributed by atoms with E-state index >= 15 is 0 Å². The van der Waals surface area contributed by atoms with Gasteiger partial charge < -0.3 is 10.2 Å². The molecule has 1 aromatic carbocycles. The van der Waals surface area contributed by atoms with E-state index in [1.54, 1.807) is 6.92 Å². The summed E-state index contributed by atoms with van der Waals surface area (Å²) in [5, 5.41) is 3.35. The largest absolute Gasteiger partial charge is 0.317 e. The summed E-state index contributed by atoms with van der Waals surface area (Å²) in [6.45, 7) is 4.46. The molecule has 0 spiro atoms. The molecule has 1 N–H and O–H groups in total. The van der Waals surface area contributed by atoms with Gasteiger partial charge in [-0.1, -0.05) is 0 Å². The van der Waals surface area contributed by atoms with Gasteiger partial charge in [0.15, 0.2) is 5.78 Å². The first kappa shape index (κ1) is 13.3. The lowest BCUT2D eigenvalue weighted by Crippen LogP contribution is -2.37. The van der Waals surface area contributed by atoms with Gasteiger partial charge in [-0.2, -0.15) is 0 Å². The smallest absolute Gasteiger partial charge is 0.231 e. The highest BCUT2D eigenvalue weighted by Gasteiger charge is 2.29. The summed E-state index contributed by atoms with van der Waals surface area (Å²) in [7, 11) is 0. The maximum Gasteiger partial charge on any atom is 0.231 e. The molecule has 0 aliphatic carbocycles. The highest BCUT2D eigenvalue weighted by atomic mass is 16.2. The van der Waals surface area contributed by atoms with Crippen molar-refractivity contribution in [1.82, 2.24) is 5.32 Å². The normalized spacial score (nSPS) is 19.2. The van der Waals surface area contributed by atoms with E-state index in [1.165, 1.54) is 0 Å². The molecule has 0 radical (unpaired) electrons. The van der Waals surface area contributed by atoms with Crippen molar-refractivity contribution in [3.63, 3.8) is 0 Å². The fourth-order valence-electron chi connectivity index (χ4n) is 3.12. The van der Waals surface area contributed by atoms with Gasteiger partial charge in [-0.15, -0.1) is 0 Å². The molecule has 4 heteroatoms. The van der Waals surface area contributed by atoms with E-state index < -0.39 is 0 Å². The lowest BCUT2D eigenvalue weighted by Gasteiger charge is -2.27. The molecule has 20 heavy (non-hydrogen) atoms. The number of hydrogen-bond acceptors (Lipinski definition) is 3. The second kappa shape index (κ2) is 5.37. The van der Waals surface area contributed by atoms with E-state index in [9.17, 15) is 9.59 Å². The highest BCUT2D eigenvalue weighted by molar-refractivity contribution is 6.03. The molecule has 0 saturated carbocycles. The topological polar surface area (TPSA) is 49.4 Å². The van der Waals surface area contributed by atoms with Crippen LogP contribution in [0.1, 0.15) is 35.7 Å². The molecule has 2 aliphatic heterocycles. The maximum absolute atomic E-state index is 12.2. The molecule has 1 aromatic rings. The summed E-state index contributed by atoms with van der Waals surface area (Å²) in [6.07, 6.45) is 2.69. The molecule has 0 atom stereocenters. The third kappa shape index (κ3) is 2.48. The fourth-order valence-corrected chi connectivity index (χ4v) is 3.12. The quantitative estimate of drug-likeness (QED) is 0.853. The van der Waals surface area contributed by atoms with Gasteiger partial charge in [-0.25, -0.2) is 0 Å². The minimum absolute atomic E-state index is 0.0528. The predicted octanol–water partition coefficient (Wildman–Crippen LogP) is 1.78. The van der Waals surface area contributed by atoms with Crippen molar-refractivity contribution >= 4 is 17.4 Å². The third-order valence-electron chi connectivity index (χ3n) is 4.32. The zero-order valence-corrected chi connectivity index (χ0v) is 11.8. The number of amides is 1. The molecular weight excluding hydrogens is 252 g/mol. The molecule has 1 amide bonds. The van der Waals surface area contributed by atoms with Crippen molar-refractivity contribution in [3.05, 3.63) is 29.3 Å². The van der Waals surface area contributed by atoms with Crippen LogP contribution in [0.5, 0.6) is 0 Å². The van der Waals surface area contributed by atoms with E-state index in [4.69, 9.17) is 0 Å². The average Bonchev–Trinajstić information content (AvgIpc) is 2.75. The van der Waals surface area contributed by atoms with Gasteiger partial charge in [-0.3, -0.25) is 9.59 Å². The Balaban J connectivity index is 1.80. The summed E-state index contributed by atoms with van der Waals surface area (Å²) < 4.78 is 0. The number of nitrogens with zero attached hydrogens (tertiary/aromatic N) is 1. The van der Waals surface area contributed by atoms with E-state index in [-0.39, 0.29) is 11.7 Å². The van der Waals surface area contributed by atoms with Gasteiger partial charge in [0.2, 0.25) is 5.91 Å². The number of carbonyl (C=O) groups is 2. The lowest BCUT2D eigenvalue weighted by atomic mass is 9.97. The average molecular weight is 272 g/mol. The highest BCUT2D eigenvalue weighted by Crippen LogP contribution is 2.31. The van der Waals surface area contributed by atoms with Gasteiger partial charge in [0.25, 0.3) is 0 Å². The van der Waals surface area contributed by atoms with Gasteiger partial charge in [0, 0.05) is 17.8 Å². The standard InChI is InChI=1S/C16H20N2O2/c1-11(19)13-2-3-15-14(8-13)9-16(20)18(15)10-12-4-6-17-7-5-12/h2-3,8,12,17H,4-7,9-10H2,1H3. The van der Waals surface area contributed by atoms with Crippen molar-refractivity contribution in [3.8, 4) is 0 Å². The molecule has 2 heterocycles. The molecule has 106 valence electrons. The van der Waals surface area contributed by atoms with Crippen molar-refractivity contribution in [2.75, 3.05) is 24.5 Å². The van der Waals surface area contributed by atoms with Crippen LogP contribution < -0.4 is 10.2 Å². The summed E-state index contributed by atoms with van der Waals surface area (Å²) >= 11 is 0. The lowest BCUT2D eigenvalue weighted by molar-refractivity contribution is -0.117. The Morgan fingerprint density at radius 1 is 1.35 bits per heavy atom. The van der Waals surface area contributed by atoms with E-state index in [2.05, 4.69) is 5.32 Å². The number of benzene rings is 1. The molecule has 3 rings (SSSR count). The first-order valence-corrected chi connectivity index (χ1v) is 7.30. The van der Waals surface area contributed by atoms with Crippen LogP contribution in [0.2, 0.25) is 0 Å². The van der Waals surface area contributed by atoms with Crippen LogP contribution in [0.25, 0.3) is 0 Å². The van der Waals surface area contributed by atoms with E-state index in [0.29, 0.717) is 17.9 Å². The summed E-state index contributed by atoms with van der Waals surface area (Å²) in [5.41, 5.74) is 2.69. The summed E-state index contributed by atoms with van der Waals surface area (Å²) in [4.78, 5) is 25.5. The summed E-state index contributed by atoms with van der Waals surface area (Å²) in [6, 6.07) is 5.63. The Bertz CT molecular complexity index is 547. The molecule has 0 unspecified atom stereocenters. The van der Waals surface area contributed by atoms with Gasteiger partial charge >= 0.3 is 0 Å². The molecule has 4 nitrogen and oxygen atoms in total. The zero-order chi connectivity index (χ0) is 14.1. The monoisotopic (exact) mass is 272 g/mol. The first-order valence-electron chi connectivity index (χ1n) is 7.30. The van der Waals surface area contributed by atoms with Crippen molar-refractivity contribution < 1.29 is 9.59 Å². The molecule has 1 fully saturated rings. The van der Waals surface area contributed by atoms with Crippen LogP contribution >= 0.6 is 0 Å². The molecule has 1 saturated heterocycles. The number of carbonyl (C=O) groups excluding carboxylic acids is 2. The number of hydrogen-bond donors (Lipinski definition) is 1. The SMILES string of the molecule is CC(=O)c1ccc2c(c1)CC(=O)N2CC1CCNCC1. The van der Waals surface area contributed by atoms with Crippen LogP contribution in [0.15, 0.2) is 18.2 Å². The Morgan fingerprint density at radius 2 is 2.10 bits per heavy atom. The van der Waals surface area contributed by atoms with Gasteiger partial charge in [0.1, 0.15) is 0 Å². The Hall–Kier alpha value is -1.68. The number of anilines is 1. The van der Waals surface area contributed by atoms with Gasteiger partial charge in [-0.05, 0) is 62.5 Å². The van der Waals surface area contributed by atoms with Crippen molar-refractivity contribution in [2.24, 2.45) is 5.92 Å². The Labute approximate surface area is 119 Å². The molecule has 2 aliphatic rings. The molecular formula is C16H20N2O2. The van der Waals surface area contributed by atoms with Crippen molar-refractivity contribution in [1.29, 1.82) is 0 Å². The van der Waals surface area contributed by atoms with Crippen LogP contribution in [0.4, 0.5) is 5.69 Å². The van der Waals surface area contributed by atoms with Crippen LogP contribution in [-0.4, -0.2) is 31.3 Å². The first-order chi connectivity index (χ1) is 9.65. The maximum atomic E-state index is 12.2. The molecule has 0 bridgehead atoms. The minimum Gasteiger partial charge on any atom is -0.317 e. The number of rotatable bonds is 3. The number of nitrogens with one attached hydrogen (secondary N) is 1. The minimum atomic E-state index is 0.0528. The molecule has 0 aromatic heterocycles.